The highest BCUT2D eigenvalue weighted by Crippen LogP contribution is 2.40. The number of hydrogen-bond donors (Lipinski definition) is 1. The molecule has 13 heteroatoms. The van der Waals surface area contributed by atoms with Crippen LogP contribution in [0.2, 0.25) is 5.02 Å². The zero-order chi connectivity index (χ0) is 28.0. The van der Waals surface area contributed by atoms with Gasteiger partial charge < -0.3 is 29.1 Å². The molecule has 3 atom stereocenters. The van der Waals surface area contributed by atoms with Crippen LogP contribution in [-0.4, -0.2) is 77.7 Å². The Morgan fingerprint density at radius 3 is 2.80 bits per heavy atom. The number of carboxylic acids is 1. The third kappa shape index (κ3) is 4.98. The van der Waals surface area contributed by atoms with E-state index >= 15 is 0 Å². The fourth-order valence-corrected chi connectivity index (χ4v) is 6.39. The molecule has 0 saturated carbocycles. The van der Waals surface area contributed by atoms with Crippen molar-refractivity contribution in [3.63, 3.8) is 0 Å². The minimum Gasteiger partial charge on any atom is -0.480 e. The number of thiophene rings is 1. The maximum Gasteiger partial charge on any atom is 0.326 e. The molecule has 3 fully saturated rings. The van der Waals surface area contributed by atoms with E-state index in [-0.39, 0.29) is 24.8 Å². The number of carbonyl (C=O) groups is 1. The lowest BCUT2D eigenvalue weighted by atomic mass is 9.90. The van der Waals surface area contributed by atoms with Crippen LogP contribution in [-0.2, 0) is 14.3 Å². The van der Waals surface area contributed by atoms with Crippen molar-refractivity contribution >= 4 is 40.4 Å². The van der Waals surface area contributed by atoms with Crippen molar-refractivity contribution in [1.82, 2.24) is 9.97 Å². The lowest BCUT2D eigenvalue weighted by molar-refractivity contribution is -0.228. The summed E-state index contributed by atoms with van der Waals surface area (Å²) in [7, 11) is 0. The van der Waals surface area contributed by atoms with Crippen LogP contribution in [0.1, 0.15) is 25.5 Å². The first-order valence-electron chi connectivity index (χ1n) is 12.9. The van der Waals surface area contributed by atoms with Crippen LogP contribution in [0, 0.1) is 0 Å². The number of carboxylic acid groups (broad SMARTS) is 1. The highest BCUT2D eigenvalue weighted by atomic mass is 35.5. The third-order valence-corrected chi connectivity index (χ3v) is 8.86. The summed E-state index contributed by atoms with van der Waals surface area (Å²) >= 11 is 7.74. The monoisotopic (exact) mass is 592 g/mol. The van der Waals surface area contributed by atoms with Crippen LogP contribution in [0.4, 0.5) is 20.3 Å². The van der Waals surface area contributed by atoms with Gasteiger partial charge in [0.1, 0.15) is 34.9 Å². The largest absolute Gasteiger partial charge is 0.480 e. The van der Waals surface area contributed by atoms with Gasteiger partial charge in [-0.1, -0.05) is 17.7 Å². The molecule has 3 aliphatic rings. The number of alkyl halides is 2. The number of morpholine rings is 1. The summed E-state index contributed by atoms with van der Waals surface area (Å²) in [5, 5.41) is 12.3. The second-order valence-electron chi connectivity index (χ2n) is 10.2. The summed E-state index contributed by atoms with van der Waals surface area (Å²) < 4.78 is 45.4. The van der Waals surface area contributed by atoms with Crippen LogP contribution in [0.25, 0.3) is 10.4 Å². The number of rotatable bonds is 7. The first-order valence-corrected chi connectivity index (χ1v) is 14.1. The maximum atomic E-state index is 13.8. The SMILES string of the molecule is C[C@@H]1N(c2cc(Cl)cnc2O[C@H]2C[C@@H](C(=O)O)N(c3cc(-c4cccs4)cc(C(F)F)n3)C2)CCOC12COC2. The molecule has 6 heterocycles. The van der Waals surface area contributed by atoms with Gasteiger partial charge in [-0.25, -0.2) is 23.5 Å². The van der Waals surface area contributed by atoms with E-state index in [1.807, 2.05) is 17.5 Å². The second kappa shape index (κ2) is 10.7. The van der Waals surface area contributed by atoms with Crippen molar-refractivity contribution in [3.05, 3.63) is 52.6 Å². The number of aromatic nitrogens is 2. The zero-order valence-electron chi connectivity index (χ0n) is 21.5. The molecular weight excluding hydrogens is 566 g/mol. The van der Waals surface area contributed by atoms with Crippen molar-refractivity contribution in [2.45, 2.75) is 43.6 Å². The fourth-order valence-electron chi connectivity index (χ4n) is 5.52. The van der Waals surface area contributed by atoms with Gasteiger partial charge >= 0.3 is 5.97 Å². The molecule has 6 rings (SSSR count). The molecule has 0 bridgehead atoms. The Morgan fingerprint density at radius 2 is 2.12 bits per heavy atom. The molecule has 0 radical (unpaired) electrons. The predicted octanol–water partition coefficient (Wildman–Crippen LogP) is 4.90. The normalized spacial score (nSPS) is 24.0. The maximum absolute atomic E-state index is 13.8. The third-order valence-electron chi connectivity index (χ3n) is 7.73. The molecule has 0 amide bonds. The molecule has 3 aromatic heterocycles. The van der Waals surface area contributed by atoms with E-state index in [1.165, 1.54) is 28.5 Å². The lowest BCUT2D eigenvalue weighted by Crippen LogP contribution is -2.68. The number of pyridine rings is 2. The van der Waals surface area contributed by atoms with Gasteiger partial charge in [0, 0.05) is 24.0 Å². The van der Waals surface area contributed by atoms with E-state index in [4.69, 9.17) is 25.8 Å². The van der Waals surface area contributed by atoms with Gasteiger partial charge in [-0.15, -0.1) is 11.3 Å². The molecule has 0 aliphatic carbocycles. The fraction of sp³-hybridized carbons (Fsp3) is 0.444. The predicted molar refractivity (Wildman–Crippen MR) is 146 cm³/mol. The van der Waals surface area contributed by atoms with E-state index in [2.05, 4.69) is 21.8 Å². The van der Waals surface area contributed by atoms with E-state index in [0.717, 1.165) is 4.88 Å². The molecule has 212 valence electrons. The molecule has 1 spiro atoms. The van der Waals surface area contributed by atoms with Crippen molar-refractivity contribution in [2.75, 3.05) is 42.7 Å². The number of aliphatic carboxylic acids is 1. The molecule has 3 saturated heterocycles. The standard InChI is InChI=1S/C27H27ClF2N4O5S/c1-15-27(13-37-14-27)38-5-4-33(15)20-9-17(28)11-31-25(20)39-18-10-21(26(35)36)34(12-18)23-8-16(22-3-2-6-40-22)7-19(32-23)24(29)30/h2-3,6-9,11,15,18,21,24H,4-5,10,12-14H2,1H3,(H,35,36)/t15-,18-,21-/m0/s1. The summed E-state index contributed by atoms with van der Waals surface area (Å²) in [5.41, 5.74) is 0.405. The second-order valence-corrected chi connectivity index (χ2v) is 11.5. The Kier molecular flexibility index (Phi) is 7.28. The highest BCUT2D eigenvalue weighted by molar-refractivity contribution is 7.13. The molecule has 3 aliphatic heterocycles. The molecular formula is C27H27ClF2N4O5S. The van der Waals surface area contributed by atoms with Crippen LogP contribution in [0.15, 0.2) is 41.9 Å². The van der Waals surface area contributed by atoms with Crippen LogP contribution in [0.5, 0.6) is 5.88 Å². The van der Waals surface area contributed by atoms with E-state index in [1.54, 1.807) is 12.1 Å². The zero-order valence-corrected chi connectivity index (χ0v) is 23.1. The average molecular weight is 593 g/mol. The van der Waals surface area contributed by atoms with Crippen LogP contribution < -0.4 is 14.5 Å². The minimum absolute atomic E-state index is 0.0404. The van der Waals surface area contributed by atoms with E-state index < -0.39 is 35.8 Å². The van der Waals surface area contributed by atoms with Crippen molar-refractivity contribution in [2.24, 2.45) is 0 Å². The van der Waals surface area contributed by atoms with Crippen molar-refractivity contribution in [1.29, 1.82) is 0 Å². The Morgan fingerprint density at radius 1 is 1.30 bits per heavy atom. The first kappa shape index (κ1) is 27.1. The van der Waals surface area contributed by atoms with Gasteiger partial charge in [-0.3, -0.25) is 0 Å². The Balaban J connectivity index is 1.29. The summed E-state index contributed by atoms with van der Waals surface area (Å²) in [6, 6.07) is 7.36. The van der Waals surface area contributed by atoms with Gasteiger partial charge in [-0.2, -0.15) is 0 Å². The van der Waals surface area contributed by atoms with Gasteiger partial charge in [0.25, 0.3) is 6.43 Å². The Labute approximate surface area is 238 Å². The number of hydrogen-bond acceptors (Lipinski definition) is 9. The Hall–Kier alpha value is -3.06. The topological polar surface area (TPSA) is 97.3 Å². The molecule has 1 N–H and O–H groups in total. The van der Waals surface area contributed by atoms with Crippen molar-refractivity contribution < 1.29 is 32.9 Å². The lowest BCUT2D eigenvalue weighted by Gasteiger charge is -2.53. The molecule has 3 aromatic rings. The summed E-state index contributed by atoms with van der Waals surface area (Å²) in [6.45, 7) is 4.25. The number of nitrogens with zero attached hydrogens (tertiary/aromatic N) is 4. The van der Waals surface area contributed by atoms with Crippen LogP contribution >= 0.6 is 22.9 Å². The van der Waals surface area contributed by atoms with Crippen molar-refractivity contribution in [3.8, 4) is 16.3 Å². The average Bonchev–Trinajstić information content (AvgIpc) is 3.60. The van der Waals surface area contributed by atoms with Gasteiger partial charge in [0.2, 0.25) is 5.88 Å². The van der Waals surface area contributed by atoms with Gasteiger partial charge in [-0.05, 0) is 42.1 Å². The molecule has 40 heavy (non-hydrogen) atoms. The molecule has 0 aromatic carbocycles. The summed E-state index contributed by atoms with van der Waals surface area (Å²) in [5.74, 6) is -0.609. The number of anilines is 2. The van der Waals surface area contributed by atoms with E-state index in [0.29, 0.717) is 48.5 Å². The quantitative estimate of drug-likeness (QED) is 0.411. The van der Waals surface area contributed by atoms with Gasteiger partial charge in [0.05, 0.1) is 37.4 Å². The smallest absolute Gasteiger partial charge is 0.326 e. The van der Waals surface area contributed by atoms with Crippen LogP contribution in [0.3, 0.4) is 0 Å². The van der Waals surface area contributed by atoms with Gasteiger partial charge in [0.15, 0.2) is 0 Å². The minimum atomic E-state index is -2.81. The summed E-state index contributed by atoms with van der Waals surface area (Å²) in [4.78, 5) is 25.3. The van der Waals surface area contributed by atoms with E-state index in [9.17, 15) is 18.7 Å². The number of halogens is 3. The summed E-state index contributed by atoms with van der Waals surface area (Å²) in [6.07, 6.45) is -1.80. The molecule has 9 nitrogen and oxygen atoms in total. The number of ether oxygens (including phenoxy) is 3. The first-order chi connectivity index (χ1) is 19.2. The highest BCUT2D eigenvalue weighted by Gasteiger charge is 2.50. The molecule has 0 unspecified atom stereocenters. The Bertz CT molecular complexity index is 1390.